The van der Waals surface area contributed by atoms with E-state index in [1.807, 2.05) is 21.1 Å². The molecule has 0 amide bonds. The lowest BCUT2D eigenvalue weighted by Crippen LogP contribution is -2.37. The number of hydrogen-bond acceptors (Lipinski definition) is 7. The molecule has 0 aliphatic carbocycles. The molecule has 0 fully saturated rings. The Kier molecular flexibility index (Phi) is 67.0. The Morgan fingerprint density at radius 2 is 0.600 bits per heavy atom. The molecule has 2 atom stereocenters. The maximum Gasteiger partial charge on any atom is 0.472 e. The van der Waals surface area contributed by atoms with Gasteiger partial charge in [-0.25, -0.2) is 4.57 Å². The predicted octanol–water partition coefficient (Wildman–Crippen LogP) is 24.6. The highest BCUT2D eigenvalue weighted by molar-refractivity contribution is 7.47. The van der Waals surface area contributed by atoms with Gasteiger partial charge in [0.05, 0.1) is 27.7 Å². The number of nitrogens with zero attached hydrogens (tertiary/aromatic N) is 1. The predicted molar refractivity (Wildman–Crippen MR) is 390 cm³/mol. The first-order chi connectivity index (χ1) is 44.0. The minimum Gasteiger partial charge on any atom is -0.462 e. The Morgan fingerprint density at radius 3 is 0.889 bits per heavy atom. The van der Waals surface area contributed by atoms with Gasteiger partial charge in [0, 0.05) is 12.8 Å². The summed E-state index contributed by atoms with van der Waals surface area (Å²) in [4.78, 5) is 35.9. The maximum absolute atomic E-state index is 12.9. The molecular formula is C80H141NO8P+. The van der Waals surface area contributed by atoms with Gasteiger partial charge in [0.15, 0.2) is 6.10 Å². The summed E-state index contributed by atoms with van der Waals surface area (Å²) in [5, 5.41) is 0. The third-order valence-corrected chi connectivity index (χ3v) is 17.0. The molecular weight excluding hydrogens is 1130 g/mol. The molecule has 518 valence electrons. The minimum atomic E-state index is -4.40. The fourth-order valence-electron chi connectivity index (χ4n) is 10.4. The molecule has 9 nitrogen and oxygen atoms in total. The lowest BCUT2D eigenvalue weighted by molar-refractivity contribution is -0.870. The van der Waals surface area contributed by atoms with Crippen LogP contribution >= 0.6 is 7.82 Å². The van der Waals surface area contributed by atoms with Gasteiger partial charge in [-0.15, -0.1) is 0 Å². The first-order valence-electron chi connectivity index (χ1n) is 37.3. The lowest BCUT2D eigenvalue weighted by atomic mass is 10.0. The Labute approximate surface area is 556 Å². The molecule has 0 saturated carbocycles. The number of rotatable bonds is 68. The summed E-state index contributed by atoms with van der Waals surface area (Å²) >= 11 is 0. The van der Waals surface area contributed by atoms with E-state index in [1.165, 1.54) is 180 Å². The van der Waals surface area contributed by atoms with Crippen LogP contribution in [0.3, 0.4) is 0 Å². The fraction of sp³-hybridized carbons (Fsp3) is 0.725. The van der Waals surface area contributed by atoms with Crippen molar-refractivity contribution in [1.82, 2.24) is 0 Å². The van der Waals surface area contributed by atoms with Crippen molar-refractivity contribution in [2.45, 2.75) is 328 Å². The van der Waals surface area contributed by atoms with Gasteiger partial charge in [0.2, 0.25) is 0 Å². The number of quaternary nitrogens is 1. The second-order valence-electron chi connectivity index (χ2n) is 25.9. The molecule has 0 spiro atoms. The fourth-order valence-corrected chi connectivity index (χ4v) is 11.1. The van der Waals surface area contributed by atoms with Crippen LogP contribution in [0.2, 0.25) is 0 Å². The summed E-state index contributed by atoms with van der Waals surface area (Å²) in [6, 6.07) is 0. The standard InChI is InChI=1S/C80H140NO8P/c1-6-8-10-12-14-16-18-20-22-24-26-28-30-32-34-35-36-37-38-39-40-41-42-43-44-45-47-48-50-52-54-56-58-60-62-64-66-68-70-72-79(82)86-76-78(77-88-90(84,85)87-75-74-81(3,4)5)89-80(83)73-71-69-67-65-63-61-59-57-55-53-51-49-46-33-31-29-27-25-23-21-19-17-15-13-11-9-7-2/h8-11,14-17,20-23,26-29,33,46,51,53,78H,6-7,12-13,18-19,24-25,30-32,34-45,47-50,52,54-77H2,1-5H3/p+1/b10-8-,11-9-,16-14-,17-15-,22-20-,23-21-,28-26-,29-27-,46-33-,53-51-. The number of hydrogen-bond donors (Lipinski definition) is 1. The number of likely N-dealkylation sites (N-methyl/N-ethyl adjacent to an activating group) is 1. The van der Waals surface area contributed by atoms with Crippen molar-refractivity contribution in [3.63, 3.8) is 0 Å². The van der Waals surface area contributed by atoms with Crippen LogP contribution in [-0.4, -0.2) is 74.9 Å². The van der Waals surface area contributed by atoms with E-state index in [0.29, 0.717) is 17.4 Å². The van der Waals surface area contributed by atoms with Crippen molar-refractivity contribution in [3.05, 3.63) is 122 Å². The molecule has 90 heavy (non-hydrogen) atoms. The van der Waals surface area contributed by atoms with Gasteiger partial charge in [0.25, 0.3) is 0 Å². The van der Waals surface area contributed by atoms with Gasteiger partial charge in [-0.1, -0.05) is 328 Å². The zero-order chi connectivity index (χ0) is 65.5. The Morgan fingerprint density at radius 1 is 0.344 bits per heavy atom. The number of phosphoric ester groups is 1. The lowest BCUT2D eigenvalue weighted by Gasteiger charge is -2.24. The number of esters is 2. The molecule has 0 heterocycles. The van der Waals surface area contributed by atoms with E-state index in [4.69, 9.17) is 18.5 Å². The van der Waals surface area contributed by atoms with E-state index in [9.17, 15) is 19.0 Å². The van der Waals surface area contributed by atoms with Gasteiger partial charge in [-0.2, -0.15) is 0 Å². The Bertz CT molecular complexity index is 1940. The monoisotopic (exact) mass is 1280 g/mol. The third kappa shape index (κ3) is 73.5. The van der Waals surface area contributed by atoms with Gasteiger partial charge in [-0.05, 0) is 103 Å². The van der Waals surface area contributed by atoms with Crippen molar-refractivity contribution in [3.8, 4) is 0 Å². The molecule has 0 aromatic heterocycles. The molecule has 0 aliphatic heterocycles. The van der Waals surface area contributed by atoms with E-state index < -0.39 is 26.5 Å². The second-order valence-corrected chi connectivity index (χ2v) is 27.4. The van der Waals surface area contributed by atoms with Crippen LogP contribution in [-0.2, 0) is 32.7 Å². The largest absolute Gasteiger partial charge is 0.472 e. The molecule has 0 aromatic carbocycles. The molecule has 0 rings (SSSR count). The van der Waals surface area contributed by atoms with Crippen molar-refractivity contribution >= 4 is 19.8 Å². The number of carbonyl (C=O) groups is 2. The topological polar surface area (TPSA) is 108 Å². The smallest absolute Gasteiger partial charge is 0.462 e. The van der Waals surface area contributed by atoms with Gasteiger partial charge in [-0.3, -0.25) is 18.6 Å². The first kappa shape index (κ1) is 86.4. The molecule has 0 aromatic rings. The van der Waals surface area contributed by atoms with Crippen molar-refractivity contribution in [2.75, 3.05) is 47.5 Å². The molecule has 0 saturated heterocycles. The minimum absolute atomic E-state index is 0.0264. The number of phosphoric acid groups is 1. The van der Waals surface area contributed by atoms with E-state index in [1.54, 1.807) is 0 Å². The van der Waals surface area contributed by atoms with E-state index in [2.05, 4.69) is 135 Å². The second kappa shape index (κ2) is 69.7. The molecule has 0 aliphatic rings. The average molecular weight is 1280 g/mol. The van der Waals surface area contributed by atoms with Crippen molar-refractivity contribution in [1.29, 1.82) is 0 Å². The van der Waals surface area contributed by atoms with Crippen molar-refractivity contribution < 1.29 is 42.1 Å². The molecule has 10 heteroatoms. The Balaban J connectivity index is 3.97. The molecule has 2 unspecified atom stereocenters. The normalized spacial score (nSPS) is 13.8. The number of unbranched alkanes of at least 4 members (excludes halogenated alkanes) is 34. The first-order valence-corrected chi connectivity index (χ1v) is 38.8. The van der Waals surface area contributed by atoms with Crippen LogP contribution < -0.4 is 0 Å². The SMILES string of the molecule is CC/C=C\C/C=C\C/C=C\C/C=C\C/C=C\C/C=C\CCCCCCCCCCC(=O)OC(COC(=O)CCCCCCCCCCCCCCCCCCCCCCCCCCCC/C=C\C/C=C\C/C=C\C/C=C\CC)COP(=O)(O)OCC[N+](C)(C)C. The van der Waals surface area contributed by atoms with Crippen LogP contribution in [0, 0.1) is 0 Å². The highest BCUT2D eigenvalue weighted by atomic mass is 31.2. The summed E-state index contributed by atoms with van der Waals surface area (Å²) in [6.07, 6.45) is 100. The van der Waals surface area contributed by atoms with Crippen LogP contribution in [0.15, 0.2) is 122 Å². The number of carbonyl (C=O) groups excluding carboxylic acids is 2. The van der Waals surface area contributed by atoms with E-state index >= 15 is 0 Å². The van der Waals surface area contributed by atoms with Gasteiger partial charge >= 0.3 is 19.8 Å². The summed E-state index contributed by atoms with van der Waals surface area (Å²) in [6.45, 7) is 4.22. The molecule has 0 radical (unpaired) electrons. The summed E-state index contributed by atoms with van der Waals surface area (Å²) < 4.78 is 34.8. The zero-order valence-electron chi connectivity index (χ0n) is 59.1. The van der Waals surface area contributed by atoms with Gasteiger partial charge in [0.1, 0.15) is 19.8 Å². The number of ether oxygens (including phenoxy) is 2. The quantitative estimate of drug-likeness (QED) is 0.0211. The zero-order valence-corrected chi connectivity index (χ0v) is 60.0. The summed E-state index contributed by atoms with van der Waals surface area (Å²) in [5.74, 6) is -0.800. The summed E-state index contributed by atoms with van der Waals surface area (Å²) in [7, 11) is 1.47. The van der Waals surface area contributed by atoms with Crippen LogP contribution in [0.4, 0.5) is 0 Å². The third-order valence-electron chi connectivity index (χ3n) is 16.0. The van der Waals surface area contributed by atoms with Crippen molar-refractivity contribution in [2.24, 2.45) is 0 Å². The average Bonchev–Trinajstić information content (AvgIpc) is 3.61. The highest BCUT2D eigenvalue weighted by Gasteiger charge is 2.27. The van der Waals surface area contributed by atoms with Gasteiger partial charge < -0.3 is 18.9 Å². The van der Waals surface area contributed by atoms with Crippen LogP contribution in [0.1, 0.15) is 322 Å². The number of allylic oxidation sites excluding steroid dienone is 20. The van der Waals surface area contributed by atoms with Crippen LogP contribution in [0.25, 0.3) is 0 Å². The molecule has 1 N–H and O–H groups in total. The highest BCUT2D eigenvalue weighted by Crippen LogP contribution is 2.43. The Hall–Kier alpha value is -3.59. The van der Waals surface area contributed by atoms with Crippen LogP contribution in [0.5, 0.6) is 0 Å². The van der Waals surface area contributed by atoms with E-state index in [0.717, 1.165) is 109 Å². The summed E-state index contributed by atoms with van der Waals surface area (Å²) in [5.41, 5.74) is 0. The maximum atomic E-state index is 12.9. The van der Waals surface area contributed by atoms with E-state index in [-0.39, 0.29) is 32.0 Å². The molecule has 0 bridgehead atoms.